The van der Waals surface area contributed by atoms with Crippen molar-refractivity contribution in [1.82, 2.24) is 10.2 Å². The quantitative estimate of drug-likeness (QED) is 0.345. The van der Waals surface area contributed by atoms with Gasteiger partial charge in [-0.15, -0.1) is 0 Å². The maximum atomic E-state index is 14.1. The number of nitrogens with one attached hydrogen (secondary N) is 1. The molecule has 1 N–H and O–H groups in total. The molecule has 0 unspecified atom stereocenters. The first-order chi connectivity index (χ1) is 19.0. The lowest BCUT2D eigenvalue weighted by atomic mass is 10.1. The van der Waals surface area contributed by atoms with Crippen LogP contribution < -0.4 is 14.4 Å². The van der Waals surface area contributed by atoms with Gasteiger partial charge >= 0.3 is 0 Å². The van der Waals surface area contributed by atoms with Gasteiger partial charge in [-0.25, -0.2) is 8.42 Å². The summed E-state index contributed by atoms with van der Waals surface area (Å²) < 4.78 is 34.1. The van der Waals surface area contributed by atoms with Crippen LogP contribution in [0.1, 0.15) is 39.7 Å². The average molecular weight is 566 g/mol. The maximum Gasteiger partial charge on any atom is 0.264 e. The molecule has 0 aliphatic carbocycles. The molecule has 0 radical (unpaired) electrons. The molecular formula is C31H39N3O5S. The number of methoxy groups -OCH3 is 1. The number of hydrogen-bond acceptors (Lipinski definition) is 5. The molecule has 3 rings (SSSR count). The van der Waals surface area contributed by atoms with E-state index in [2.05, 4.69) is 5.32 Å². The Balaban J connectivity index is 2.03. The Labute approximate surface area is 238 Å². The minimum atomic E-state index is -4.13. The number of anilines is 1. The summed E-state index contributed by atoms with van der Waals surface area (Å²) in [5, 5.41) is 2.98. The van der Waals surface area contributed by atoms with Crippen LogP contribution in [0.25, 0.3) is 0 Å². The Morgan fingerprint density at radius 1 is 0.925 bits per heavy atom. The van der Waals surface area contributed by atoms with Crippen LogP contribution >= 0.6 is 0 Å². The number of rotatable bonds is 12. The number of carbonyl (C=O) groups is 2. The minimum absolute atomic E-state index is 0.0546. The second-order valence-corrected chi connectivity index (χ2v) is 12.4. The zero-order chi connectivity index (χ0) is 29.3. The molecule has 0 fully saturated rings. The SMILES string of the molecule is CC[C@H](C(=O)NC(C)(C)C)N(CCc1ccccc1)C(=O)CN(c1cccc(OC)c1)S(=O)(=O)c1ccccc1. The number of nitrogens with zero attached hydrogens (tertiary/aromatic N) is 2. The van der Waals surface area contributed by atoms with Crippen LogP contribution in [0.2, 0.25) is 0 Å². The third-order valence-corrected chi connectivity index (χ3v) is 8.11. The fourth-order valence-electron chi connectivity index (χ4n) is 4.36. The highest BCUT2D eigenvalue weighted by molar-refractivity contribution is 7.92. The summed E-state index contributed by atoms with van der Waals surface area (Å²) in [7, 11) is -2.64. The smallest absolute Gasteiger partial charge is 0.264 e. The Bertz CT molecular complexity index is 1370. The van der Waals surface area contributed by atoms with Crippen molar-refractivity contribution in [3.05, 3.63) is 90.5 Å². The number of amides is 2. The Morgan fingerprint density at radius 2 is 1.55 bits per heavy atom. The number of hydrogen-bond donors (Lipinski definition) is 1. The molecule has 0 aromatic heterocycles. The van der Waals surface area contributed by atoms with Crippen LogP contribution in [0, 0.1) is 0 Å². The summed E-state index contributed by atoms with van der Waals surface area (Å²) in [4.78, 5) is 29.0. The molecule has 0 heterocycles. The van der Waals surface area contributed by atoms with Crippen LogP contribution in [0.15, 0.2) is 89.8 Å². The van der Waals surface area contributed by atoms with Gasteiger partial charge in [-0.2, -0.15) is 0 Å². The molecule has 3 aromatic rings. The lowest BCUT2D eigenvalue weighted by Gasteiger charge is -2.34. The van der Waals surface area contributed by atoms with Crippen molar-refractivity contribution >= 4 is 27.5 Å². The summed E-state index contributed by atoms with van der Waals surface area (Å²) in [6.07, 6.45) is 0.878. The van der Waals surface area contributed by atoms with Crippen molar-refractivity contribution in [3.8, 4) is 5.75 Å². The van der Waals surface area contributed by atoms with Crippen LogP contribution in [-0.2, 0) is 26.0 Å². The van der Waals surface area contributed by atoms with Crippen molar-refractivity contribution < 1.29 is 22.7 Å². The van der Waals surface area contributed by atoms with Gasteiger partial charge in [0.05, 0.1) is 17.7 Å². The van der Waals surface area contributed by atoms with E-state index in [1.807, 2.05) is 58.0 Å². The van der Waals surface area contributed by atoms with Crippen LogP contribution in [-0.4, -0.2) is 56.9 Å². The predicted molar refractivity (Wildman–Crippen MR) is 158 cm³/mol. The van der Waals surface area contributed by atoms with Crippen molar-refractivity contribution in [3.63, 3.8) is 0 Å². The summed E-state index contributed by atoms with van der Waals surface area (Å²) in [5.41, 5.74) is 0.793. The van der Waals surface area contributed by atoms with Gasteiger partial charge in [0.2, 0.25) is 11.8 Å². The molecule has 3 aromatic carbocycles. The first-order valence-electron chi connectivity index (χ1n) is 13.3. The molecule has 40 heavy (non-hydrogen) atoms. The molecule has 0 saturated carbocycles. The first-order valence-corrected chi connectivity index (χ1v) is 14.8. The second-order valence-electron chi connectivity index (χ2n) is 10.5. The van der Waals surface area contributed by atoms with Gasteiger partial charge in [-0.1, -0.05) is 61.5 Å². The molecule has 0 bridgehead atoms. The minimum Gasteiger partial charge on any atom is -0.497 e. The van der Waals surface area contributed by atoms with Gasteiger partial charge < -0.3 is 15.0 Å². The molecule has 1 atom stereocenters. The highest BCUT2D eigenvalue weighted by Gasteiger charge is 2.34. The third-order valence-electron chi connectivity index (χ3n) is 6.32. The van der Waals surface area contributed by atoms with Gasteiger partial charge in [0.25, 0.3) is 10.0 Å². The van der Waals surface area contributed by atoms with Crippen molar-refractivity contribution in [2.75, 3.05) is 24.5 Å². The molecular weight excluding hydrogens is 526 g/mol. The molecule has 0 aliphatic rings. The largest absolute Gasteiger partial charge is 0.497 e. The van der Waals surface area contributed by atoms with Crippen molar-refractivity contribution in [2.45, 2.75) is 57.0 Å². The maximum absolute atomic E-state index is 14.1. The van der Waals surface area contributed by atoms with E-state index in [9.17, 15) is 18.0 Å². The fraction of sp³-hybridized carbons (Fsp3) is 0.355. The van der Waals surface area contributed by atoms with Crippen LogP contribution in [0.5, 0.6) is 5.75 Å². The summed E-state index contributed by atoms with van der Waals surface area (Å²) in [6.45, 7) is 7.24. The van der Waals surface area contributed by atoms with E-state index in [1.165, 1.54) is 24.1 Å². The van der Waals surface area contributed by atoms with Gasteiger partial charge in [-0.3, -0.25) is 13.9 Å². The zero-order valence-corrected chi connectivity index (χ0v) is 24.6. The number of carbonyl (C=O) groups excluding carboxylic acids is 2. The van der Waals surface area contributed by atoms with Gasteiger partial charge in [-0.05, 0) is 63.4 Å². The van der Waals surface area contributed by atoms with Crippen LogP contribution in [0.4, 0.5) is 5.69 Å². The summed E-state index contributed by atoms with van der Waals surface area (Å²) >= 11 is 0. The molecule has 0 saturated heterocycles. The second kappa shape index (κ2) is 13.5. The number of benzene rings is 3. The van der Waals surface area contributed by atoms with Gasteiger partial charge in [0, 0.05) is 18.2 Å². The molecule has 0 spiro atoms. The lowest BCUT2D eigenvalue weighted by Crippen LogP contribution is -2.56. The Hall–Kier alpha value is -3.85. The third kappa shape index (κ3) is 8.08. The topological polar surface area (TPSA) is 96.0 Å². The number of sulfonamides is 1. The van der Waals surface area contributed by atoms with E-state index < -0.39 is 34.1 Å². The Kier molecular flexibility index (Phi) is 10.3. The molecule has 2 amide bonds. The van der Waals surface area contributed by atoms with E-state index in [4.69, 9.17) is 4.74 Å². The molecule has 214 valence electrons. The van der Waals surface area contributed by atoms with Gasteiger partial charge in [0.1, 0.15) is 18.3 Å². The summed E-state index contributed by atoms with van der Waals surface area (Å²) in [5.74, 6) is -0.306. The summed E-state index contributed by atoms with van der Waals surface area (Å²) in [6, 6.07) is 23.4. The normalized spacial score (nSPS) is 12.3. The van der Waals surface area contributed by atoms with E-state index in [-0.39, 0.29) is 23.0 Å². The zero-order valence-electron chi connectivity index (χ0n) is 23.8. The van der Waals surface area contributed by atoms with Gasteiger partial charge in [0.15, 0.2) is 0 Å². The van der Waals surface area contributed by atoms with E-state index in [0.717, 1.165) is 9.87 Å². The van der Waals surface area contributed by atoms with Crippen molar-refractivity contribution in [2.24, 2.45) is 0 Å². The predicted octanol–water partition coefficient (Wildman–Crippen LogP) is 4.66. The van der Waals surface area contributed by atoms with Crippen molar-refractivity contribution in [1.29, 1.82) is 0 Å². The highest BCUT2D eigenvalue weighted by atomic mass is 32.2. The fourth-order valence-corrected chi connectivity index (χ4v) is 5.79. The molecule has 0 aliphatic heterocycles. The molecule has 8 nitrogen and oxygen atoms in total. The molecule has 9 heteroatoms. The number of ether oxygens (including phenoxy) is 1. The standard InChI is InChI=1S/C31H39N3O5S/c1-6-28(30(36)32-31(2,3)4)33(21-20-24-14-9-7-10-15-24)29(35)23-34(25-16-13-17-26(22-25)39-5)40(37,38)27-18-11-8-12-19-27/h7-19,22,28H,6,20-21,23H2,1-5H3,(H,32,36)/t28-/m1/s1. The van der Waals surface area contributed by atoms with Crippen LogP contribution in [0.3, 0.4) is 0 Å². The van der Waals surface area contributed by atoms with E-state index >= 15 is 0 Å². The van der Waals surface area contributed by atoms with E-state index in [1.54, 1.807) is 42.5 Å². The monoisotopic (exact) mass is 565 g/mol. The average Bonchev–Trinajstić information content (AvgIpc) is 2.93. The first kappa shape index (κ1) is 30.7. The lowest BCUT2D eigenvalue weighted by molar-refractivity contribution is -0.140. The highest BCUT2D eigenvalue weighted by Crippen LogP contribution is 2.27. The Morgan fingerprint density at radius 3 is 2.12 bits per heavy atom. The van der Waals surface area contributed by atoms with E-state index in [0.29, 0.717) is 18.6 Å².